The number of anilines is 1. The fraction of sp³-hybridized carbons (Fsp3) is 0.559. The standard InChI is InChI=1S/C34H43ClF3N7O6S/c1-31(2,3)51-30(47)44-21-22(20-32(44,4)5)7-6-15-39-25-19-23(10-16-40-25)52(48,49)43-29(46)24-8-9-26(41-28(24)35)45-17-11-27(42-45)50-18-14-33(12-13-33)34(36,37)38/h8-11,16-17,19,22H,6-7,12-15,18,20-21H2,1-5H3,(H,39,40)(H,43,46). The molecule has 3 aromatic rings. The molecule has 1 aliphatic carbocycles. The Balaban J connectivity index is 1.11. The van der Waals surface area contributed by atoms with Gasteiger partial charge in [-0.3, -0.25) is 4.79 Å². The molecule has 2 amide bonds. The Labute approximate surface area is 305 Å². The molecule has 2 fully saturated rings. The van der Waals surface area contributed by atoms with Crippen LogP contribution in [0, 0.1) is 11.3 Å². The fourth-order valence-electron chi connectivity index (χ4n) is 6.15. The summed E-state index contributed by atoms with van der Waals surface area (Å²) in [5, 5.41) is 6.96. The number of hydrogen-bond donors (Lipinski definition) is 2. The van der Waals surface area contributed by atoms with Gasteiger partial charge in [0.05, 0.1) is 22.5 Å². The van der Waals surface area contributed by atoms with Gasteiger partial charge in [0.15, 0.2) is 5.82 Å². The van der Waals surface area contributed by atoms with E-state index in [9.17, 15) is 31.2 Å². The average molecular weight is 770 g/mol. The maximum Gasteiger partial charge on any atom is 0.410 e. The summed E-state index contributed by atoms with van der Waals surface area (Å²) in [4.78, 5) is 35.6. The van der Waals surface area contributed by atoms with Gasteiger partial charge in [-0.2, -0.15) is 13.2 Å². The number of rotatable bonds is 13. The van der Waals surface area contributed by atoms with E-state index in [2.05, 4.69) is 20.4 Å². The first-order valence-corrected chi connectivity index (χ1v) is 18.7. The first kappa shape index (κ1) is 39.1. The Morgan fingerprint density at radius 1 is 1.12 bits per heavy atom. The minimum Gasteiger partial charge on any atom is -0.477 e. The number of carbonyl (C=O) groups is 2. The normalized spacial score (nSPS) is 18.2. The van der Waals surface area contributed by atoms with Crippen molar-refractivity contribution in [2.24, 2.45) is 11.3 Å². The van der Waals surface area contributed by atoms with Gasteiger partial charge in [-0.15, -0.1) is 5.10 Å². The highest BCUT2D eigenvalue weighted by atomic mass is 35.5. The molecule has 52 heavy (non-hydrogen) atoms. The van der Waals surface area contributed by atoms with Crippen LogP contribution in [0.2, 0.25) is 5.15 Å². The summed E-state index contributed by atoms with van der Waals surface area (Å²) in [5.74, 6) is -0.190. The highest BCUT2D eigenvalue weighted by Gasteiger charge is 2.62. The number of halogens is 4. The quantitative estimate of drug-likeness (QED) is 0.140. The van der Waals surface area contributed by atoms with Crippen molar-refractivity contribution in [3.8, 4) is 11.7 Å². The van der Waals surface area contributed by atoms with Gasteiger partial charge in [0.1, 0.15) is 16.6 Å². The van der Waals surface area contributed by atoms with E-state index in [0.717, 1.165) is 19.3 Å². The minimum absolute atomic E-state index is 0.0824. The maximum absolute atomic E-state index is 13.2. The van der Waals surface area contributed by atoms with Crippen molar-refractivity contribution in [3.05, 3.63) is 53.4 Å². The van der Waals surface area contributed by atoms with Gasteiger partial charge < -0.3 is 19.7 Å². The molecule has 3 aromatic heterocycles. The summed E-state index contributed by atoms with van der Waals surface area (Å²) < 4.78 is 80.0. The Bertz CT molecular complexity index is 1890. The Kier molecular flexibility index (Phi) is 11.1. The zero-order chi connectivity index (χ0) is 38.1. The largest absolute Gasteiger partial charge is 0.477 e. The molecule has 1 saturated heterocycles. The molecule has 1 atom stereocenters. The number of sulfonamides is 1. The van der Waals surface area contributed by atoms with E-state index in [0.29, 0.717) is 18.9 Å². The number of alkyl halides is 3. The number of carbonyl (C=O) groups excluding carboxylic acids is 2. The van der Waals surface area contributed by atoms with Crippen LogP contribution in [0.25, 0.3) is 5.82 Å². The number of nitrogens with zero attached hydrogens (tertiary/aromatic N) is 5. The fourth-order valence-corrected chi connectivity index (χ4v) is 7.36. The van der Waals surface area contributed by atoms with Crippen LogP contribution in [-0.2, 0) is 14.8 Å². The second-order valence-electron chi connectivity index (χ2n) is 14.8. The monoisotopic (exact) mass is 769 g/mol. The summed E-state index contributed by atoms with van der Waals surface area (Å²) in [7, 11) is -4.33. The van der Waals surface area contributed by atoms with E-state index in [1.54, 1.807) is 4.90 Å². The molecule has 0 radical (unpaired) electrons. The van der Waals surface area contributed by atoms with Crippen molar-refractivity contribution in [1.82, 2.24) is 29.4 Å². The van der Waals surface area contributed by atoms with E-state index in [4.69, 9.17) is 21.1 Å². The molecule has 13 nitrogen and oxygen atoms in total. The summed E-state index contributed by atoms with van der Waals surface area (Å²) in [5.41, 5.74) is -2.81. The molecule has 0 aromatic carbocycles. The predicted octanol–water partition coefficient (Wildman–Crippen LogP) is 6.77. The van der Waals surface area contributed by atoms with E-state index >= 15 is 0 Å². The van der Waals surface area contributed by atoms with Crippen LogP contribution in [0.3, 0.4) is 0 Å². The summed E-state index contributed by atoms with van der Waals surface area (Å²) in [6, 6.07) is 6.66. The molecule has 1 aliphatic heterocycles. The van der Waals surface area contributed by atoms with Crippen LogP contribution in [0.1, 0.15) is 83.5 Å². The smallest absolute Gasteiger partial charge is 0.410 e. The van der Waals surface area contributed by atoms with Crippen molar-refractivity contribution in [3.63, 3.8) is 0 Å². The first-order valence-electron chi connectivity index (χ1n) is 16.9. The van der Waals surface area contributed by atoms with Crippen LogP contribution in [0.15, 0.2) is 47.6 Å². The van der Waals surface area contributed by atoms with E-state index in [-0.39, 0.29) is 70.7 Å². The first-order chi connectivity index (χ1) is 24.2. The van der Waals surface area contributed by atoms with Crippen LogP contribution in [0.4, 0.5) is 23.8 Å². The molecule has 1 unspecified atom stereocenters. The van der Waals surface area contributed by atoms with E-state index in [1.807, 2.05) is 39.3 Å². The van der Waals surface area contributed by atoms with Crippen molar-refractivity contribution in [1.29, 1.82) is 0 Å². The van der Waals surface area contributed by atoms with Crippen molar-refractivity contribution in [2.75, 3.05) is 25.0 Å². The molecule has 2 aliphatic rings. The molecule has 0 bridgehead atoms. The number of nitrogens with one attached hydrogen (secondary N) is 2. The van der Waals surface area contributed by atoms with Gasteiger partial charge >= 0.3 is 12.3 Å². The van der Waals surface area contributed by atoms with Gasteiger partial charge in [-0.05, 0) is 97.3 Å². The van der Waals surface area contributed by atoms with Crippen molar-refractivity contribution < 1.29 is 40.7 Å². The van der Waals surface area contributed by atoms with Crippen LogP contribution in [-0.4, -0.2) is 82.1 Å². The molecule has 1 saturated carbocycles. The lowest BCUT2D eigenvalue weighted by Crippen LogP contribution is -2.45. The number of likely N-dealkylation sites (tertiary alicyclic amines) is 1. The SMILES string of the molecule is CC(C)(C)OC(=O)N1CC(CCCNc2cc(S(=O)(=O)NC(=O)c3ccc(-n4ccc(OCCC5(C(F)(F)F)CC5)n4)nc3Cl)ccn2)CC1(C)C. The Hall–Kier alpha value is -4.12. The summed E-state index contributed by atoms with van der Waals surface area (Å²) in [6.45, 7) is 10.5. The summed E-state index contributed by atoms with van der Waals surface area (Å²) >= 11 is 6.26. The highest BCUT2D eigenvalue weighted by molar-refractivity contribution is 7.90. The molecule has 2 N–H and O–H groups in total. The third-order valence-electron chi connectivity index (χ3n) is 9.10. The molecule has 18 heteroatoms. The lowest BCUT2D eigenvalue weighted by atomic mass is 9.93. The third kappa shape index (κ3) is 9.45. The minimum atomic E-state index is -4.33. The highest BCUT2D eigenvalue weighted by Crippen LogP contribution is 2.59. The van der Waals surface area contributed by atoms with Crippen molar-refractivity contribution in [2.45, 2.75) is 95.4 Å². The predicted molar refractivity (Wildman–Crippen MR) is 186 cm³/mol. The molecular formula is C34H43ClF3N7O6S. The second kappa shape index (κ2) is 14.7. The lowest BCUT2D eigenvalue weighted by Gasteiger charge is -2.33. The molecule has 0 spiro atoms. The van der Waals surface area contributed by atoms with Gasteiger partial charge in [-0.25, -0.2) is 32.6 Å². The molecular weight excluding hydrogens is 727 g/mol. The van der Waals surface area contributed by atoms with Crippen LogP contribution < -0.4 is 14.8 Å². The number of pyridine rings is 2. The Morgan fingerprint density at radius 3 is 2.50 bits per heavy atom. The van der Waals surface area contributed by atoms with Crippen LogP contribution in [0.5, 0.6) is 5.88 Å². The zero-order valence-corrected chi connectivity index (χ0v) is 31.2. The topological polar surface area (TPSA) is 158 Å². The molecule has 5 rings (SSSR count). The van der Waals surface area contributed by atoms with Gasteiger partial charge in [0.25, 0.3) is 15.9 Å². The number of ether oxygens (including phenoxy) is 2. The lowest BCUT2D eigenvalue weighted by molar-refractivity contribution is -0.190. The van der Waals surface area contributed by atoms with Gasteiger partial charge in [0, 0.05) is 43.2 Å². The van der Waals surface area contributed by atoms with Gasteiger partial charge in [-0.1, -0.05) is 11.6 Å². The number of hydrogen-bond acceptors (Lipinski definition) is 10. The van der Waals surface area contributed by atoms with Crippen LogP contribution >= 0.6 is 11.6 Å². The average Bonchev–Trinajstić information content (AvgIpc) is 3.58. The van der Waals surface area contributed by atoms with E-state index in [1.165, 1.54) is 47.4 Å². The summed E-state index contributed by atoms with van der Waals surface area (Å²) in [6.07, 6.45) is 0.573. The zero-order valence-electron chi connectivity index (χ0n) is 29.6. The van der Waals surface area contributed by atoms with E-state index < -0.39 is 33.1 Å². The van der Waals surface area contributed by atoms with Gasteiger partial charge in [0.2, 0.25) is 5.88 Å². The van der Waals surface area contributed by atoms with Crippen molar-refractivity contribution >= 4 is 39.4 Å². The molecule has 4 heterocycles. The number of amides is 2. The second-order valence-corrected chi connectivity index (χ2v) is 16.9. The molecule has 284 valence electrons. The maximum atomic E-state index is 13.2. The third-order valence-corrected chi connectivity index (χ3v) is 10.7. The number of aromatic nitrogens is 4. The Morgan fingerprint density at radius 2 is 1.85 bits per heavy atom.